The Morgan fingerprint density at radius 3 is 2.87 bits per heavy atom. The molecule has 6 rings (SSSR count). The third-order valence-corrected chi connectivity index (χ3v) is 8.26. The maximum Gasteiger partial charge on any atom is 0.301 e. The van der Waals surface area contributed by atoms with Gasteiger partial charge in [-0.25, -0.2) is 13.8 Å². The normalized spacial score (nSPS) is 22.8. The summed E-state index contributed by atoms with van der Waals surface area (Å²) in [5.74, 6) is -1.64. The summed E-state index contributed by atoms with van der Waals surface area (Å²) in [4.78, 5) is 24.4. The first-order valence-electron chi connectivity index (χ1n) is 13.2. The van der Waals surface area contributed by atoms with Crippen molar-refractivity contribution >= 4 is 45.6 Å². The number of hydrogen-bond donors (Lipinski definition) is 2. The molecule has 2 aromatic heterocycles. The first-order valence-corrected chi connectivity index (χ1v) is 13.6. The van der Waals surface area contributed by atoms with E-state index in [4.69, 9.17) is 21.3 Å². The van der Waals surface area contributed by atoms with E-state index in [0.29, 0.717) is 45.0 Å². The topological polar surface area (TPSA) is 84.3 Å². The van der Waals surface area contributed by atoms with Crippen LogP contribution in [0.3, 0.4) is 0 Å². The van der Waals surface area contributed by atoms with E-state index in [2.05, 4.69) is 27.4 Å². The first kappa shape index (κ1) is 25.2. The van der Waals surface area contributed by atoms with Gasteiger partial charge < -0.3 is 24.8 Å². The molecule has 1 aromatic carbocycles. The Labute approximate surface area is 224 Å². The summed E-state index contributed by atoms with van der Waals surface area (Å²) < 4.78 is 36.7. The second kappa shape index (κ2) is 9.55. The number of nitrogens with one attached hydrogen (secondary N) is 2. The highest BCUT2D eigenvalue weighted by Gasteiger charge is 2.51. The van der Waals surface area contributed by atoms with Crippen LogP contribution < -0.4 is 25.8 Å². The summed E-state index contributed by atoms with van der Waals surface area (Å²) >= 11 is 6.47. The quantitative estimate of drug-likeness (QED) is 0.434. The molecule has 38 heavy (non-hydrogen) atoms. The number of aromatic nitrogens is 3. The van der Waals surface area contributed by atoms with Crippen LogP contribution in [0.2, 0.25) is 5.02 Å². The van der Waals surface area contributed by atoms with Crippen molar-refractivity contribution in [1.82, 2.24) is 14.5 Å². The van der Waals surface area contributed by atoms with E-state index in [-0.39, 0.29) is 11.7 Å². The molecule has 2 aliphatic heterocycles. The molecule has 202 valence electrons. The second-order valence-electron chi connectivity index (χ2n) is 10.7. The van der Waals surface area contributed by atoms with E-state index in [0.717, 1.165) is 38.8 Å². The number of hydrogen-bond acceptors (Lipinski definition) is 7. The van der Waals surface area contributed by atoms with E-state index >= 15 is 0 Å². The monoisotopic (exact) mass is 544 g/mol. The highest BCUT2D eigenvalue weighted by Crippen LogP contribution is 2.45. The Morgan fingerprint density at radius 2 is 2.11 bits per heavy atom. The molecular weight excluding hydrogens is 514 g/mol. The Bertz CT molecular complexity index is 1440. The Hall–Kier alpha value is -3.14. The minimum Gasteiger partial charge on any atom is -0.480 e. The van der Waals surface area contributed by atoms with Crippen LogP contribution in [0.4, 0.5) is 31.9 Å². The number of piperidine rings is 1. The van der Waals surface area contributed by atoms with Gasteiger partial charge in [0.15, 0.2) is 12.4 Å². The van der Waals surface area contributed by atoms with Crippen molar-refractivity contribution in [2.24, 2.45) is 18.9 Å². The lowest BCUT2D eigenvalue weighted by molar-refractivity contribution is -0.0579. The molecule has 2 N–H and O–H groups in total. The Kier molecular flexibility index (Phi) is 6.32. The van der Waals surface area contributed by atoms with Crippen molar-refractivity contribution in [3.8, 4) is 5.75 Å². The molecule has 0 amide bonds. The number of nitrogens with zero attached hydrogens (tertiary/aromatic N) is 4. The number of rotatable bonds is 5. The Balaban J connectivity index is 1.37. The fraction of sp³-hybridized carbons (Fsp3) is 0.519. The fourth-order valence-corrected chi connectivity index (χ4v) is 5.74. The first-order chi connectivity index (χ1) is 18.2. The van der Waals surface area contributed by atoms with E-state index in [1.807, 2.05) is 12.1 Å². The minimum absolute atomic E-state index is 0.0853. The van der Waals surface area contributed by atoms with Crippen molar-refractivity contribution in [2.45, 2.75) is 51.0 Å². The van der Waals surface area contributed by atoms with Crippen LogP contribution in [-0.4, -0.2) is 46.2 Å². The van der Waals surface area contributed by atoms with Gasteiger partial charge in [-0.05, 0) is 55.7 Å². The molecule has 3 aromatic rings. The number of anilines is 4. The SMILES string of the molecule is CCC1CCCN(c2ncc(Cl)c(Nc3ccc4c(c3)c3c(c(=O)n4C)OCC(F)(F)[C@H](C4CC4)N3)n2)C1. The molecule has 8 nitrogen and oxygen atoms in total. The highest BCUT2D eigenvalue weighted by molar-refractivity contribution is 6.32. The maximum absolute atomic E-state index is 14.9. The van der Waals surface area contributed by atoms with Crippen molar-refractivity contribution < 1.29 is 13.5 Å². The Morgan fingerprint density at radius 1 is 1.29 bits per heavy atom. The fourth-order valence-electron chi connectivity index (χ4n) is 5.60. The molecule has 0 bridgehead atoms. The summed E-state index contributed by atoms with van der Waals surface area (Å²) in [6.07, 6.45) is 6.46. The number of alkyl halides is 2. The van der Waals surface area contributed by atoms with Crippen LogP contribution in [-0.2, 0) is 7.05 Å². The number of fused-ring (bicyclic) bond motifs is 3. The van der Waals surface area contributed by atoms with Crippen LogP contribution in [0.1, 0.15) is 39.0 Å². The maximum atomic E-state index is 14.9. The standard InChI is InChI=1S/C27H31ClF2N6O2/c1-3-15-5-4-10-36(13-15)26-31-12-19(28)24(34-26)32-17-8-9-20-18(11-17)21-22(25(37)35(20)2)38-14-27(29,30)23(33-21)16-6-7-16/h8-9,11-12,15-16,23,33H,3-7,10,13-14H2,1-2H3,(H,31,32,34)/t15?,23-/m0/s1. The lowest BCUT2D eigenvalue weighted by atomic mass is 9.96. The third-order valence-electron chi connectivity index (χ3n) is 7.98. The smallest absolute Gasteiger partial charge is 0.301 e. The summed E-state index contributed by atoms with van der Waals surface area (Å²) in [6.45, 7) is 3.17. The number of halogens is 3. The zero-order chi connectivity index (χ0) is 26.6. The zero-order valence-corrected chi connectivity index (χ0v) is 22.2. The number of benzene rings is 1. The molecule has 0 spiro atoms. The lowest BCUT2D eigenvalue weighted by Gasteiger charge is -2.32. The average Bonchev–Trinajstić information content (AvgIpc) is 3.76. The summed E-state index contributed by atoms with van der Waals surface area (Å²) in [5, 5.41) is 7.25. The third kappa shape index (κ3) is 4.52. The van der Waals surface area contributed by atoms with E-state index < -0.39 is 24.1 Å². The van der Waals surface area contributed by atoms with Crippen LogP contribution in [0.25, 0.3) is 10.9 Å². The van der Waals surface area contributed by atoms with Gasteiger partial charge in [-0.3, -0.25) is 4.79 Å². The molecule has 3 aliphatic rings. The molecule has 1 unspecified atom stereocenters. The van der Waals surface area contributed by atoms with Gasteiger partial charge in [0, 0.05) is 31.2 Å². The van der Waals surface area contributed by atoms with E-state index in [9.17, 15) is 13.6 Å². The number of ether oxygens (including phenoxy) is 1. The molecule has 2 fully saturated rings. The van der Waals surface area contributed by atoms with Crippen LogP contribution in [0, 0.1) is 11.8 Å². The van der Waals surface area contributed by atoms with Crippen molar-refractivity contribution in [3.63, 3.8) is 0 Å². The predicted octanol–water partition coefficient (Wildman–Crippen LogP) is 5.57. The number of pyridine rings is 1. The zero-order valence-electron chi connectivity index (χ0n) is 21.4. The van der Waals surface area contributed by atoms with Gasteiger partial charge in [0.05, 0.1) is 23.4 Å². The van der Waals surface area contributed by atoms with Gasteiger partial charge in [-0.15, -0.1) is 0 Å². The largest absolute Gasteiger partial charge is 0.480 e. The van der Waals surface area contributed by atoms with Crippen molar-refractivity contribution in [2.75, 3.05) is 35.2 Å². The summed E-state index contributed by atoms with van der Waals surface area (Å²) in [6, 6.07) is 4.31. The highest BCUT2D eigenvalue weighted by atomic mass is 35.5. The van der Waals surface area contributed by atoms with Crippen LogP contribution >= 0.6 is 11.6 Å². The van der Waals surface area contributed by atoms with Gasteiger partial charge in [0.1, 0.15) is 5.02 Å². The number of aryl methyl sites for hydroxylation is 1. The summed E-state index contributed by atoms with van der Waals surface area (Å²) in [7, 11) is 1.61. The minimum atomic E-state index is -3.09. The molecule has 11 heteroatoms. The molecule has 0 radical (unpaired) electrons. The van der Waals surface area contributed by atoms with Crippen LogP contribution in [0.5, 0.6) is 5.75 Å². The predicted molar refractivity (Wildman–Crippen MR) is 145 cm³/mol. The van der Waals surface area contributed by atoms with E-state index in [1.165, 1.54) is 11.0 Å². The molecule has 1 saturated carbocycles. The van der Waals surface area contributed by atoms with Gasteiger partial charge in [-0.2, -0.15) is 4.98 Å². The van der Waals surface area contributed by atoms with Gasteiger partial charge in [0.2, 0.25) is 11.7 Å². The molecule has 2 atom stereocenters. The van der Waals surface area contributed by atoms with Gasteiger partial charge in [-0.1, -0.05) is 24.9 Å². The molecule has 1 saturated heterocycles. The molecular formula is C27H31ClF2N6O2. The molecule has 1 aliphatic carbocycles. The van der Waals surface area contributed by atoms with Crippen LogP contribution in [0.15, 0.2) is 29.2 Å². The summed E-state index contributed by atoms with van der Waals surface area (Å²) in [5.41, 5.74) is 1.09. The average molecular weight is 545 g/mol. The second-order valence-corrected chi connectivity index (χ2v) is 11.1. The van der Waals surface area contributed by atoms with Gasteiger partial charge in [0.25, 0.3) is 5.56 Å². The van der Waals surface area contributed by atoms with E-state index in [1.54, 1.807) is 19.3 Å². The van der Waals surface area contributed by atoms with Crippen molar-refractivity contribution in [1.29, 1.82) is 0 Å². The molecule has 4 heterocycles. The van der Waals surface area contributed by atoms with Gasteiger partial charge >= 0.3 is 5.92 Å². The van der Waals surface area contributed by atoms with Crippen molar-refractivity contribution in [3.05, 3.63) is 39.8 Å². The lowest BCUT2D eigenvalue weighted by Crippen LogP contribution is -2.44.